The van der Waals surface area contributed by atoms with Gasteiger partial charge in [0.25, 0.3) is 0 Å². The fraction of sp³-hybridized carbons (Fsp3) is 0.500. The third kappa shape index (κ3) is 3.86. The molecule has 0 heterocycles. The van der Waals surface area contributed by atoms with Gasteiger partial charge in [0.1, 0.15) is 0 Å². The Bertz CT molecular complexity index is 376. The Balaban J connectivity index is 2.63. The summed E-state index contributed by atoms with van der Waals surface area (Å²) < 4.78 is 0. The molecule has 1 unspecified atom stereocenters. The van der Waals surface area contributed by atoms with E-state index in [2.05, 4.69) is 29.7 Å². The first-order valence-electron chi connectivity index (χ1n) is 6.06. The summed E-state index contributed by atoms with van der Waals surface area (Å²) in [4.78, 5) is 11.9. The zero-order valence-electron chi connectivity index (χ0n) is 11.1. The average molecular weight is 234 g/mol. The Hall–Kier alpha value is -1.35. The van der Waals surface area contributed by atoms with Gasteiger partial charge in [0, 0.05) is 12.5 Å². The number of hydrogen-bond donors (Lipinski definition) is 2. The van der Waals surface area contributed by atoms with Gasteiger partial charge in [0.15, 0.2) is 0 Å². The van der Waals surface area contributed by atoms with Crippen molar-refractivity contribution in [2.75, 3.05) is 13.6 Å². The van der Waals surface area contributed by atoms with E-state index < -0.39 is 0 Å². The summed E-state index contributed by atoms with van der Waals surface area (Å²) in [6, 6.07) is 8.19. The molecule has 0 aliphatic heterocycles. The molecule has 0 radical (unpaired) electrons. The smallest absolute Gasteiger partial charge is 0.224 e. The third-order valence-electron chi connectivity index (χ3n) is 2.97. The van der Waals surface area contributed by atoms with Crippen molar-refractivity contribution in [2.24, 2.45) is 5.92 Å². The minimum Gasteiger partial charge on any atom is -0.349 e. The van der Waals surface area contributed by atoms with Crippen molar-refractivity contribution in [3.8, 4) is 0 Å². The van der Waals surface area contributed by atoms with Crippen LogP contribution in [0.3, 0.4) is 0 Å². The van der Waals surface area contributed by atoms with Gasteiger partial charge in [-0.05, 0) is 32.0 Å². The van der Waals surface area contributed by atoms with Gasteiger partial charge in [-0.25, -0.2) is 0 Å². The first-order valence-corrected chi connectivity index (χ1v) is 6.06. The molecule has 0 aromatic heterocycles. The van der Waals surface area contributed by atoms with E-state index in [0.717, 1.165) is 0 Å². The van der Waals surface area contributed by atoms with E-state index in [9.17, 15) is 4.79 Å². The number of aryl methyl sites for hydroxylation is 1. The molecule has 0 spiro atoms. The van der Waals surface area contributed by atoms with Gasteiger partial charge in [-0.1, -0.05) is 31.2 Å². The molecule has 3 heteroatoms. The lowest BCUT2D eigenvalue weighted by Crippen LogP contribution is -2.35. The summed E-state index contributed by atoms with van der Waals surface area (Å²) in [6.45, 7) is 6.71. The van der Waals surface area contributed by atoms with Crippen molar-refractivity contribution in [3.63, 3.8) is 0 Å². The molecular formula is C14H22N2O. The molecule has 94 valence electrons. The fourth-order valence-corrected chi connectivity index (χ4v) is 1.90. The van der Waals surface area contributed by atoms with Crippen LogP contribution >= 0.6 is 0 Å². The molecule has 2 atom stereocenters. The minimum absolute atomic E-state index is 0.00790. The summed E-state index contributed by atoms with van der Waals surface area (Å²) in [5, 5.41) is 6.05. The van der Waals surface area contributed by atoms with Crippen molar-refractivity contribution in [3.05, 3.63) is 35.4 Å². The summed E-state index contributed by atoms with van der Waals surface area (Å²) >= 11 is 0. The van der Waals surface area contributed by atoms with Gasteiger partial charge in [-0.15, -0.1) is 0 Å². The second-order valence-corrected chi connectivity index (χ2v) is 4.55. The summed E-state index contributed by atoms with van der Waals surface area (Å²) in [5.74, 6) is 0.0848. The second-order valence-electron chi connectivity index (χ2n) is 4.55. The van der Waals surface area contributed by atoms with Crippen LogP contribution in [-0.4, -0.2) is 19.5 Å². The van der Waals surface area contributed by atoms with Gasteiger partial charge in [-0.2, -0.15) is 0 Å². The zero-order valence-corrected chi connectivity index (χ0v) is 11.1. The van der Waals surface area contributed by atoms with Gasteiger partial charge >= 0.3 is 0 Å². The Morgan fingerprint density at radius 2 is 1.94 bits per heavy atom. The first kappa shape index (κ1) is 13.7. The number of carbonyl (C=O) groups excluding carboxylic acids is 1. The zero-order chi connectivity index (χ0) is 12.8. The Morgan fingerprint density at radius 1 is 1.29 bits per heavy atom. The molecule has 0 fully saturated rings. The van der Waals surface area contributed by atoms with Crippen molar-refractivity contribution in [2.45, 2.75) is 26.8 Å². The van der Waals surface area contributed by atoms with E-state index in [1.165, 1.54) is 11.1 Å². The summed E-state index contributed by atoms with van der Waals surface area (Å²) in [7, 11) is 1.86. The van der Waals surface area contributed by atoms with E-state index in [0.29, 0.717) is 6.54 Å². The molecule has 0 saturated carbocycles. The van der Waals surface area contributed by atoms with Crippen LogP contribution in [0.15, 0.2) is 24.3 Å². The maximum atomic E-state index is 11.9. The number of hydrogen-bond acceptors (Lipinski definition) is 2. The number of carbonyl (C=O) groups is 1. The molecule has 1 aromatic rings. The lowest BCUT2D eigenvalue weighted by molar-refractivity contribution is -0.125. The summed E-state index contributed by atoms with van der Waals surface area (Å²) in [5.41, 5.74) is 2.39. The van der Waals surface area contributed by atoms with Crippen LogP contribution in [0.25, 0.3) is 0 Å². The molecular weight excluding hydrogens is 212 g/mol. The standard InChI is InChI=1S/C14H22N2O/c1-10-7-5-6-8-13(10)12(3)16-14(17)11(2)9-15-4/h5-8,11-12,15H,9H2,1-4H3,(H,16,17)/t11?,12-/m1/s1. The molecule has 17 heavy (non-hydrogen) atoms. The number of rotatable bonds is 5. The average Bonchev–Trinajstić information content (AvgIpc) is 2.29. The van der Waals surface area contributed by atoms with E-state index >= 15 is 0 Å². The first-order chi connectivity index (χ1) is 8.06. The topological polar surface area (TPSA) is 41.1 Å². The lowest BCUT2D eigenvalue weighted by Gasteiger charge is -2.19. The second kappa shape index (κ2) is 6.40. The number of amides is 1. The highest BCUT2D eigenvalue weighted by atomic mass is 16.1. The van der Waals surface area contributed by atoms with E-state index in [1.54, 1.807) is 0 Å². The Morgan fingerprint density at radius 3 is 2.53 bits per heavy atom. The van der Waals surface area contributed by atoms with Gasteiger partial charge in [-0.3, -0.25) is 4.79 Å². The van der Waals surface area contributed by atoms with Crippen LogP contribution in [0.4, 0.5) is 0 Å². The molecule has 0 aliphatic carbocycles. The number of nitrogens with one attached hydrogen (secondary N) is 2. The van der Waals surface area contributed by atoms with E-state index in [-0.39, 0.29) is 17.9 Å². The van der Waals surface area contributed by atoms with Crippen LogP contribution < -0.4 is 10.6 Å². The number of benzene rings is 1. The predicted molar refractivity (Wildman–Crippen MR) is 70.8 cm³/mol. The monoisotopic (exact) mass is 234 g/mol. The van der Waals surface area contributed by atoms with Gasteiger partial charge < -0.3 is 10.6 Å². The van der Waals surface area contributed by atoms with Crippen LogP contribution in [0.2, 0.25) is 0 Å². The molecule has 1 amide bonds. The highest BCUT2D eigenvalue weighted by Gasteiger charge is 2.16. The van der Waals surface area contributed by atoms with Crippen LogP contribution in [0.1, 0.15) is 31.0 Å². The molecule has 1 rings (SSSR count). The van der Waals surface area contributed by atoms with Crippen molar-refractivity contribution < 1.29 is 4.79 Å². The molecule has 0 bridgehead atoms. The maximum absolute atomic E-state index is 11.9. The summed E-state index contributed by atoms with van der Waals surface area (Å²) in [6.07, 6.45) is 0. The molecule has 2 N–H and O–H groups in total. The lowest BCUT2D eigenvalue weighted by atomic mass is 10.0. The van der Waals surface area contributed by atoms with Crippen molar-refractivity contribution >= 4 is 5.91 Å². The molecule has 1 aromatic carbocycles. The Labute approximate surface area is 104 Å². The quantitative estimate of drug-likeness (QED) is 0.818. The third-order valence-corrected chi connectivity index (χ3v) is 2.97. The molecule has 0 aliphatic rings. The molecule has 0 saturated heterocycles. The SMILES string of the molecule is CNCC(C)C(=O)N[C@H](C)c1ccccc1C. The Kier molecular flexibility index (Phi) is 5.16. The minimum atomic E-state index is -0.00790. The maximum Gasteiger partial charge on any atom is 0.224 e. The highest BCUT2D eigenvalue weighted by Crippen LogP contribution is 2.16. The van der Waals surface area contributed by atoms with Crippen LogP contribution in [0.5, 0.6) is 0 Å². The van der Waals surface area contributed by atoms with E-state index in [1.807, 2.05) is 33.0 Å². The van der Waals surface area contributed by atoms with Crippen LogP contribution in [-0.2, 0) is 4.79 Å². The highest BCUT2D eigenvalue weighted by molar-refractivity contribution is 5.79. The van der Waals surface area contributed by atoms with Crippen molar-refractivity contribution in [1.82, 2.24) is 10.6 Å². The van der Waals surface area contributed by atoms with E-state index in [4.69, 9.17) is 0 Å². The van der Waals surface area contributed by atoms with Gasteiger partial charge in [0.05, 0.1) is 6.04 Å². The fourth-order valence-electron chi connectivity index (χ4n) is 1.90. The largest absolute Gasteiger partial charge is 0.349 e. The van der Waals surface area contributed by atoms with Gasteiger partial charge in [0.2, 0.25) is 5.91 Å². The van der Waals surface area contributed by atoms with Crippen molar-refractivity contribution in [1.29, 1.82) is 0 Å². The molecule has 3 nitrogen and oxygen atoms in total. The normalized spacial score (nSPS) is 14.1. The van der Waals surface area contributed by atoms with Crippen LogP contribution in [0, 0.1) is 12.8 Å². The predicted octanol–water partition coefficient (Wildman–Crippen LogP) is 2.03.